The Balaban J connectivity index is 0.895. The van der Waals surface area contributed by atoms with E-state index in [-0.39, 0.29) is 17.7 Å². The summed E-state index contributed by atoms with van der Waals surface area (Å²) >= 11 is 0. The number of piperidine rings is 1. The van der Waals surface area contributed by atoms with Crippen molar-refractivity contribution in [1.29, 1.82) is 0 Å². The third-order valence-electron chi connectivity index (χ3n) is 10.5. The summed E-state index contributed by atoms with van der Waals surface area (Å²) in [4.78, 5) is 35.7. The second kappa shape index (κ2) is 18.8. The fraction of sp³-hybridized carbons (Fsp3) is 0.409. The molecule has 6 rings (SSSR count). The Morgan fingerprint density at radius 2 is 1.25 bits per heavy atom. The summed E-state index contributed by atoms with van der Waals surface area (Å²) in [7, 11) is 4.16. The zero-order chi connectivity index (χ0) is 36.1. The lowest BCUT2D eigenvalue weighted by Crippen LogP contribution is -2.51. The molecule has 1 N–H and O–H groups in total. The van der Waals surface area contributed by atoms with Crippen LogP contribution in [0.4, 0.5) is 0 Å². The number of carbonyl (C=O) groups is 2. The molecule has 0 radical (unpaired) electrons. The van der Waals surface area contributed by atoms with Crippen molar-refractivity contribution in [3.05, 3.63) is 137 Å². The third-order valence-corrected chi connectivity index (χ3v) is 10.5. The lowest BCUT2D eigenvalue weighted by atomic mass is 9.91. The van der Waals surface area contributed by atoms with Crippen LogP contribution in [0, 0.1) is 5.92 Å². The number of hydrogen-bond donors (Lipinski definition) is 1. The molecule has 0 saturated carbocycles. The van der Waals surface area contributed by atoms with Gasteiger partial charge in [-0.2, -0.15) is 0 Å². The quantitative estimate of drug-likeness (QED) is 0.151. The normalized spacial score (nSPS) is 16.0. The Morgan fingerprint density at radius 3 is 1.81 bits per heavy atom. The minimum Gasteiger partial charge on any atom is -0.494 e. The molecule has 2 aliphatic rings. The highest BCUT2D eigenvalue weighted by Gasteiger charge is 2.30. The summed E-state index contributed by atoms with van der Waals surface area (Å²) in [5, 5.41) is 3.17. The number of carbonyl (C=O) groups excluding carboxylic acids is 2. The van der Waals surface area contributed by atoms with Crippen LogP contribution in [0.5, 0.6) is 5.75 Å². The van der Waals surface area contributed by atoms with Crippen LogP contribution in [0.25, 0.3) is 0 Å². The van der Waals surface area contributed by atoms with Gasteiger partial charge in [0.1, 0.15) is 5.75 Å². The second-order valence-corrected chi connectivity index (χ2v) is 14.6. The molecule has 4 aromatic rings. The molecule has 8 nitrogen and oxygen atoms in total. The lowest BCUT2D eigenvalue weighted by Gasteiger charge is -2.38. The third kappa shape index (κ3) is 10.8. The molecule has 0 atom stereocenters. The van der Waals surface area contributed by atoms with E-state index in [1.54, 1.807) is 0 Å². The van der Waals surface area contributed by atoms with Crippen molar-refractivity contribution in [1.82, 2.24) is 24.9 Å². The number of nitrogens with zero attached hydrogens (tertiary/aromatic N) is 4. The number of nitrogens with one attached hydrogen (secondary N) is 1. The Hall–Kier alpha value is -4.50. The highest BCUT2D eigenvalue weighted by Crippen LogP contribution is 2.25. The van der Waals surface area contributed by atoms with Gasteiger partial charge in [-0.1, -0.05) is 84.9 Å². The van der Waals surface area contributed by atoms with Gasteiger partial charge in [-0.05, 0) is 93.0 Å². The first kappa shape index (κ1) is 37.3. The van der Waals surface area contributed by atoms with Crippen molar-refractivity contribution in [3.8, 4) is 5.75 Å². The van der Waals surface area contributed by atoms with Crippen LogP contribution in [0.3, 0.4) is 0 Å². The van der Waals surface area contributed by atoms with Gasteiger partial charge in [0.05, 0.1) is 6.61 Å². The van der Waals surface area contributed by atoms with Gasteiger partial charge in [0.15, 0.2) is 0 Å². The Bertz CT molecular complexity index is 1630. The summed E-state index contributed by atoms with van der Waals surface area (Å²) in [5.41, 5.74) is 5.50. The molecule has 0 aromatic heterocycles. The summed E-state index contributed by atoms with van der Waals surface area (Å²) in [6.07, 6.45) is 2.86. The predicted octanol–water partition coefficient (Wildman–Crippen LogP) is 6.14. The molecule has 52 heavy (non-hydrogen) atoms. The smallest absolute Gasteiger partial charge is 0.251 e. The van der Waals surface area contributed by atoms with Crippen molar-refractivity contribution in [2.75, 3.05) is 73.1 Å². The minimum atomic E-state index is -0.0627. The van der Waals surface area contributed by atoms with Gasteiger partial charge in [-0.15, -0.1) is 0 Å². The molecule has 0 unspecified atom stereocenters. The van der Waals surface area contributed by atoms with Crippen LogP contribution in [0.15, 0.2) is 109 Å². The number of benzene rings is 4. The number of rotatable bonds is 15. The van der Waals surface area contributed by atoms with Crippen LogP contribution in [0.1, 0.15) is 57.8 Å². The van der Waals surface area contributed by atoms with E-state index in [9.17, 15) is 9.59 Å². The molecule has 2 heterocycles. The van der Waals surface area contributed by atoms with E-state index in [1.807, 2.05) is 48.5 Å². The van der Waals surface area contributed by atoms with E-state index < -0.39 is 0 Å². The van der Waals surface area contributed by atoms with Gasteiger partial charge in [0.2, 0.25) is 5.91 Å². The topological polar surface area (TPSA) is 68.4 Å². The van der Waals surface area contributed by atoms with Crippen LogP contribution in [-0.2, 0) is 17.9 Å². The van der Waals surface area contributed by atoms with E-state index >= 15 is 0 Å². The first-order valence-electron chi connectivity index (χ1n) is 19.0. The van der Waals surface area contributed by atoms with E-state index in [0.717, 1.165) is 90.5 Å². The molecular formula is C44H55N5O3. The first-order chi connectivity index (χ1) is 25.4. The monoisotopic (exact) mass is 701 g/mol. The van der Waals surface area contributed by atoms with Gasteiger partial charge >= 0.3 is 0 Å². The highest BCUT2D eigenvalue weighted by atomic mass is 16.5. The fourth-order valence-corrected chi connectivity index (χ4v) is 7.36. The maximum absolute atomic E-state index is 13.5. The highest BCUT2D eigenvalue weighted by molar-refractivity contribution is 5.94. The van der Waals surface area contributed by atoms with E-state index in [2.05, 4.69) is 99.7 Å². The Morgan fingerprint density at radius 1 is 0.712 bits per heavy atom. The summed E-state index contributed by atoms with van der Waals surface area (Å²) < 4.78 is 5.88. The molecule has 8 heteroatoms. The molecule has 0 bridgehead atoms. The average Bonchev–Trinajstić information content (AvgIpc) is 3.18. The molecular weight excluding hydrogens is 647 g/mol. The van der Waals surface area contributed by atoms with Gasteiger partial charge in [-0.25, -0.2) is 0 Å². The largest absolute Gasteiger partial charge is 0.494 e. The Labute approximate surface area is 310 Å². The molecule has 2 aliphatic heterocycles. The van der Waals surface area contributed by atoms with Gasteiger partial charge in [0, 0.05) is 69.8 Å². The SMILES string of the molecule is CN(C)CCCOc1ccc(CN2CCC(C(=O)N3CCN(Cc4ccc(C(=O)NCC(c5ccccc5)c5ccccc5)cc4)CC3)CC2)cc1. The van der Waals surface area contributed by atoms with Gasteiger partial charge in [-0.3, -0.25) is 19.4 Å². The number of likely N-dealkylation sites (tertiary alicyclic amines) is 1. The second-order valence-electron chi connectivity index (χ2n) is 14.6. The first-order valence-corrected chi connectivity index (χ1v) is 19.0. The average molecular weight is 702 g/mol. The standard InChI is InChI=1S/C44H55N5O3/c1-46(2)24-9-31-52-41-20-16-36(17-21-41)33-47-25-22-40(23-26-47)44(51)49-29-27-48(28-30-49)34-35-14-18-39(19-15-35)43(50)45-32-42(37-10-5-3-6-11-37)38-12-7-4-8-13-38/h3-8,10-21,40,42H,9,22-34H2,1-2H3,(H,45,50). The van der Waals surface area contributed by atoms with Crippen molar-refractivity contribution < 1.29 is 14.3 Å². The molecule has 0 spiro atoms. The molecule has 0 aliphatic carbocycles. The molecule has 2 fully saturated rings. The predicted molar refractivity (Wildman–Crippen MR) is 208 cm³/mol. The van der Waals surface area contributed by atoms with Crippen molar-refractivity contribution in [2.45, 2.75) is 38.3 Å². The molecule has 2 saturated heterocycles. The molecule has 4 aromatic carbocycles. The minimum absolute atomic E-state index is 0.0627. The van der Waals surface area contributed by atoms with Crippen molar-refractivity contribution in [2.24, 2.45) is 5.92 Å². The fourth-order valence-electron chi connectivity index (χ4n) is 7.36. The Kier molecular flexibility index (Phi) is 13.5. The van der Waals surface area contributed by atoms with E-state index in [4.69, 9.17) is 4.74 Å². The number of hydrogen-bond acceptors (Lipinski definition) is 6. The number of amides is 2. The maximum atomic E-state index is 13.5. The van der Waals surface area contributed by atoms with Crippen LogP contribution in [0.2, 0.25) is 0 Å². The number of piperazine rings is 1. The van der Waals surface area contributed by atoms with E-state index in [0.29, 0.717) is 18.0 Å². The zero-order valence-corrected chi connectivity index (χ0v) is 31.0. The van der Waals surface area contributed by atoms with Crippen molar-refractivity contribution in [3.63, 3.8) is 0 Å². The molecule has 2 amide bonds. The van der Waals surface area contributed by atoms with Crippen LogP contribution < -0.4 is 10.1 Å². The molecule has 274 valence electrons. The van der Waals surface area contributed by atoms with Crippen molar-refractivity contribution >= 4 is 11.8 Å². The van der Waals surface area contributed by atoms with Gasteiger partial charge in [0.25, 0.3) is 5.91 Å². The number of ether oxygens (including phenoxy) is 1. The summed E-state index contributed by atoms with van der Waals surface area (Å²) in [6, 6.07) is 37.1. The maximum Gasteiger partial charge on any atom is 0.251 e. The van der Waals surface area contributed by atoms with E-state index in [1.165, 1.54) is 22.3 Å². The zero-order valence-electron chi connectivity index (χ0n) is 31.0. The van der Waals surface area contributed by atoms with Gasteiger partial charge < -0.3 is 19.9 Å². The summed E-state index contributed by atoms with van der Waals surface area (Å²) in [6.45, 7) is 9.19. The van der Waals surface area contributed by atoms with Crippen LogP contribution >= 0.6 is 0 Å². The lowest BCUT2D eigenvalue weighted by molar-refractivity contribution is -0.139. The summed E-state index contributed by atoms with van der Waals surface area (Å²) in [5.74, 6) is 1.40. The van der Waals surface area contributed by atoms with Crippen LogP contribution in [-0.4, -0.2) is 104 Å².